The first-order valence-corrected chi connectivity index (χ1v) is 6.70. The molecule has 0 aromatic rings. The maximum absolute atomic E-state index is 12.1. The average molecular weight is 224 g/mol. The first-order chi connectivity index (χ1) is 7.63. The molecule has 0 spiro atoms. The van der Waals surface area contributed by atoms with Gasteiger partial charge in [0, 0.05) is 6.54 Å². The molecule has 16 heavy (non-hydrogen) atoms. The summed E-state index contributed by atoms with van der Waals surface area (Å²) in [6.07, 6.45) is 5.11. The van der Waals surface area contributed by atoms with Crippen LogP contribution in [-0.2, 0) is 4.79 Å². The number of rotatable bonds is 3. The lowest BCUT2D eigenvalue weighted by molar-refractivity contribution is -0.130. The van der Waals surface area contributed by atoms with Gasteiger partial charge in [0.05, 0.1) is 12.2 Å². The topological polar surface area (TPSA) is 32.3 Å². The summed E-state index contributed by atoms with van der Waals surface area (Å²) in [5.74, 6) is 1.83. The highest BCUT2D eigenvalue weighted by atomic mass is 16.2. The zero-order valence-electron chi connectivity index (χ0n) is 10.7. The van der Waals surface area contributed by atoms with Crippen LogP contribution in [0, 0.1) is 11.8 Å². The van der Waals surface area contributed by atoms with E-state index in [1.807, 2.05) is 0 Å². The highest BCUT2D eigenvalue weighted by molar-refractivity contribution is 5.84. The predicted octanol–water partition coefficient (Wildman–Crippen LogP) is 1.98. The highest BCUT2D eigenvalue weighted by Gasteiger charge is 2.37. The van der Waals surface area contributed by atoms with E-state index in [1.165, 1.54) is 19.3 Å². The summed E-state index contributed by atoms with van der Waals surface area (Å²) in [6, 6.07) is 0.0618. The standard InChI is InChI=1S/C13H24N2O/c1-4-12-13(16)15(10(3)14-12)8-11-7-5-6-9(11)2/h9-12,14H,4-8H2,1-3H3. The van der Waals surface area contributed by atoms with Crippen LogP contribution in [0.1, 0.15) is 46.5 Å². The van der Waals surface area contributed by atoms with E-state index in [2.05, 4.69) is 31.0 Å². The van der Waals surface area contributed by atoms with Crippen molar-refractivity contribution >= 4 is 5.91 Å². The van der Waals surface area contributed by atoms with Crippen LogP contribution in [0.15, 0.2) is 0 Å². The summed E-state index contributed by atoms with van der Waals surface area (Å²) in [5, 5.41) is 3.37. The highest BCUT2D eigenvalue weighted by Crippen LogP contribution is 2.32. The van der Waals surface area contributed by atoms with Crippen LogP contribution >= 0.6 is 0 Å². The Morgan fingerprint density at radius 3 is 2.62 bits per heavy atom. The molecular weight excluding hydrogens is 200 g/mol. The van der Waals surface area contributed by atoms with Gasteiger partial charge in [0.25, 0.3) is 0 Å². The first kappa shape index (κ1) is 11.9. The molecule has 0 aromatic heterocycles. The van der Waals surface area contributed by atoms with Crippen LogP contribution in [0.25, 0.3) is 0 Å². The lowest BCUT2D eigenvalue weighted by atomic mass is 9.97. The molecule has 2 aliphatic rings. The van der Waals surface area contributed by atoms with Crippen LogP contribution < -0.4 is 5.32 Å². The Morgan fingerprint density at radius 2 is 2.12 bits per heavy atom. The van der Waals surface area contributed by atoms with Crippen LogP contribution in [-0.4, -0.2) is 29.6 Å². The molecule has 1 aliphatic carbocycles. The largest absolute Gasteiger partial charge is 0.326 e. The number of nitrogens with one attached hydrogen (secondary N) is 1. The van der Waals surface area contributed by atoms with Crippen molar-refractivity contribution in [2.75, 3.05) is 6.54 Å². The fraction of sp³-hybridized carbons (Fsp3) is 0.923. The van der Waals surface area contributed by atoms with Crippen molar-refractivity contribution in [1.82, 2.24) is 10.2 Å². The minimum absolute atomic E-state index is 0.0618. The first-order valence-electron chi connectivity index (χ1n) is 6.70. The smallest absolute Gasteiger partial charge is 0.241 e. The number of hydrogen-bond donors (Lipinski definition) is 1. The van der Waals surface area contributed by atoms with Gasteiger partial charge in [-0.1, -0.05) is 26.7 Å². The molecule has 2 rings (SSSR count). The second-order valence-electron chi connectivity index (χ2n) is 5.46. The van der Waals surface area contributed by atoms with Crippen molar-refractivity contribution in [2.45, 2.75) is 58.7 Å². The monoisotopic (exact) mass is 224 g/mol. The summed E-state index contributed by atoms with van der Waals surface area (Å²) in [5.41, 5.74) is 0. The minimum atomic E-state index is 0.0618. The maximum atomic E-state index is 12.1. The molecule has 4 atom stereocenters. The summed E-state index contributed by atoms with van der Waals surface area (Å²) in [6.45, 7) is 7.47. The predicted molar refractivity (Wildman–Crippen MR) is 64.9 cm³/mol. The summed E-state index contributed by atoms with van der Waals surface area (Å²) in [4.78, 5) is 14.2. The molecule has 0 aromatic carbocycles. The molecule has 0 bridgehead atoms. The minimum Gasteiger partial charge on any atom is -0.326 e. The van der Waals surface area contributed by atoms with Crippen molar-refractivity contribution in [1.29, 1.82) is 0 Å². The molecule has 1 heterocycles. The summed E-state index contributed by atoms with van der Waals surface area (Å²) in [7, 11) is 0. The Kier molecular flexibility index (Phi) is 3.53. The Labute approximate surface area is 98.6 Å². The van der Waals surface area contributed by atoms with Gasteiger partial charge in [-0.15, -0.1) is 0 Å². The third-order valence-corrected chi connectivity index (χ3v) is 4.37. The van der Waals surface area contributed by atoms with Crippen LogP contribution in [0.4, 0.5) is 0 Å². The SMILES string of the molecule is CCC1NC(C)N(CC2CCCC2C)C1=O. The molecule has 0 radical (unpaired) electrons. The average Bonchev–Trinajstić information content (AvgIpc) is 2.77. The quantitative estimate of drug-likeness (QED) is 0.795. The van der Waals surface area contributed by atoms with Gasteiger partial charge in [-0.05, 0) is 31.6 Å². The molecule has 92 valence electrons. The molecule has 3 heteroatoms. The maximum Gasteiger partial charge on any atom is 0.241 e. The fourth-order valence-electron chi connectivity index (χ4n) is 3.13. The normalized spacial score (nSPS) is 39.7. The molecular formula is C13H24N2O. The van der Waals surface area contributed by atoms with Gasteiger partial charge >= 0.3 is 0 Å². The number of amides is 1. The number of carbonyl (C=O) groups is 1. The van der Waals surface area contributed by atoms with E-state index in [0.29, 0.717) is 5.91 Å². The van der Waals surface area contributed by atoms with Gasteiger partial charge in [-0.2, -0.15) is 0 Å². The molecule has 1 N–H and O–H groups in total. The second kappa shape index (κ2) is 4.74. The lowest BCUT2D eigenvalue weighted by Gasteiger charge is -2.26. The van der Waals surface area contributed by atoms with E-state index in [4.69, 9.17) is 0 Å². The Morgan fingerprint density at radius 1 is 1.38 bits per heavy atom. The van der Waals surface area contributed by atoms with Crippen LogP contribution in [0.3, 0.4) is 0 Å². The third kappa shape index (κ3) is 2.10. The molecule has 1 saturated carbocycles. The van der Waals surface area contributed by atoms with E-state index < -0.39 is 0 Å². The van der Waals surface area contributed by atoms with Crippen LogP contribution in [0.2, 0.25) is 0 Å². The molecule has 1 amide bonds. The van der Waals surface area contributed by atoms with Gasteiger partial charge < -0.3 is 4.90 Å². The molecule has 1 saturated heterocycles. The zero-order valence-corrected chi connectivity index (χ0v) is 10.7. The van der Waals surface area contributed by atoms with Crippen LogP contribution in [0.5, 0.6) is 0 Å². The molecule has 2 fully saturated rings. The summed E-state index contributed by atoms with van der Waals surface area (Å²) >= 11 is 0. The zero-order chi connectivity index (χ0) is 11.7. The number of carbonyl (C=O) groups excluding carboxylic acids is 1. The van der Waals surface area contributed by atoms with Gasteiger partial charge in [0.2, 0.25) is 5.91 Å². The lowest BCUT2D eigenvalue weighted by Crippen LogP contribution is -2.39. The Hall–Kier alpha value is -0.570. The fourth-order valence-corrected chi connectivity index (χ4v) is 3.13. The van der Waals surface area contributed by atoms with Gasteiger partial charge in [0.1, 0.15) is 0 Å². The van der Waals surface area contributed by atoms with E-state index in [1.54, 1.807) is 0 Å². The van der Waals surface area contributed by atoms with Crippen molar-refractivity contribution in [2.24, 2.45) is 11.8 Å². The number of nitrogens with zero attached hydrogens (tertiary/aromatic N) is 1. The third-order valence-electron chi connectivity index (χ3n) is 4.37. The summed E-state index contributed by atoms with van der Waals surface area (Å²) < 4.78 is 0. The van der Waals surface area contributed by atoms with Gasteiger partial charge in [-0.25, -0.2) is 0 Å². The molecule has 4 unspecified atom stereocenters. The van der Waals surface area contributed by atoms with Crippen molar-refractivity contribution in [3.63, 3.8) is 0 Å². The van der Waals surface area contributed by atoms with E-state index >= 15 is 0 Å². The molecule has 1 aliphatic heterocycles. The van der Waals surface area contributed by atoms with Crippen molar-refractivity contribution in [3.05, 3.63) is 0 Å². The van der Waals surface area contributed by atoms with E-state index in [-0.39, 0.29) is 12.2 Å². The Bertz CT molecular complexity index is 267. The van der Waals surface area contributed by atoms with E-state index in [9.17, 15) is 4.79 Å². The number of hydrogen-bond acceptors (Lipinski definition) is 2. The van der Waals surface area contributed by atoms with E-state index in [0.717, 1.165) is 24.8 Å². The van der Waals surface area contributed by atoms with Crippen molar-refractivity contribution < 1.29 is 4.79 Å². The second-order valence-corrected chi connectivity index (χ2v) is 5.46. The van der Waals surface area contributed by atoms with Gasteiger partial charge in [-0.3, -0.25) is 10.1 Å². The molecule has 3 nitrogen and oxygen atoms in total. The van der Waals surface area contributed by atoms with Crippen molar-refractivity contribution in [3.8, 4) is 0 Å². The Balaban J connectivity index is 1.96. The van der Waals surface area contributed by atoms with Gasteiger partial charge in [0.15, 0.2) is 0 Å².